The number of ether oxygens (including phenoxy) is 1. The summed E-state index contributed by atoms with van der Waals surface area (Å²) in [6, 6.07) is 20.4. The van der Waals surface area contributed by atoms with Crippen LogP contribution < -0.4 is 9.64 Å². The first-order valence-electron chi connectivity index (χ1n) is 10.6. The Bertz CT molecular complexity index is 1240. The molecule has 0 radical (unpaired) electrons. The van der Waals surface area contributed by atoms with Crippen molar-refractivity contribution >= 4 is 32.4 Å². The van der Waals surface area contributed by atoms with Crippen molar-refractivity contribution in [3.8, 4) is 5.75 Å². The molecule has 1 fully saturated rings. The van der Waals surface area contributed by atoms with Crippen LogP contribution in [-0.2, 0) is 14.8 Å². The summed E-state index contributed by atoms with van der Waals surface area (Å²) in [5.74, 6) is 0.294. The van der Waals surface area contributed by atoms with Crippen molar-refractivity contribution in [1.82, 2.24) is 4.31 Å². The summed E-state index contributed by atoms with van der Waals surface area (Å²) in [6.45, 7) is 1.55. The van der Waals surface area contributed by atoms with Crippen LogP contribution in [0.4, 0.5) is 5.69 Å². The molecule has 0 aromatic heterocycles. The van der Waals surface area contributed by atoms with E-state index in [1.165, 1.54) is 4.31 Å². The molecule has 6 nitrogen and oxygen atoms in total. The van der Waals surface area contributed by atoms with Gasteiger partial charge in [-0.15, -0.1) is 0 Å². The molecule has 1 amide bonds. The predicted molar refractivity (Wildman–Crippen MR) is 120 cm³/mol. The third-order valence-corrected chi connectivity index (χ3v) is 7.95. The first kappa shape index (κ1) is 20.0. The molecule has 0 unspecified atom stereocenters. The molecule has 0 aliphatic carbocycles. The molecule has 0 N–H and O–H groups in total. The van der Waals surface area contributed by atoms with E-state index in [0.717, 1.165) is 16.5 Å². The third-order valence-electron chi connectivity index (χ3n) is 6.09. The van der Waals surface area contributed by atoms with Crippen molar-refractivity contribution in [1.29, 1.82) is 0 Å². The van der Waals surface area contributed by atoms with Gasteiger partial charge in [0.2, 0.25) is 15.9 Å². The van der Waals surface area contributed by atoms with Gasteiger partial charge in [0.15, 0.2) is 0 Å². The topological polar surface area (TPSA) is 66.9 Å². The molecule has 31 heavy (non-hydrogen) atoms. The van der Waals surface area contributed by atoms with Crippen LogP contribution in [0.2, 0.25) is 0 Å². The number of para-hydroxylation sites is 2. The molecule has 1 atom stereocenters. The van der Waals surface area contributed by atoms with Gasteiger partial charge in [-0.2, -0.15) is 4.31 Å². The average Bonchev–Trinajstić information content (AvgIpc) is 2.83. The number of anilines is 1. The number of carbonyl (C=O) groups excluding carboxylic acids is 1. The Morgan fingerprint density at radius 1 is 0.935 bits per heavy atom. The van der Waals surface area contributed by atoms with Crippen molar-refractivity contribution in [2.24, 2.45) is 5.92 Å². The molecule has 0 spiro atoms. The van der Waals surface area contributed by atoms with Gasteiger partial charge in [-0.25, -0.2) is 8.42 Å². The van der Waals surface area contributed by atoms with E-state index in [1.54, 1.807) is 17.0 Å². The van der Waals surface area contributed by atoms with E-state index in [4.69, 9.17) is 4.74 Å². The number of fused-ring (bicyclic) bond motifs is 2. The fourth-order valence-corrected chi connectivity index (χ4v) is 6.02. The minimum atomic E-state index is -3.67. The zero-order chi connectivity index (χ0) is 21.4. The second kappa shape index (κ2) is 7.98. The summed E-state index contributed by atoms with van der Waals surface area (Å²) in [7, 11) is -3.67. The minimum absolute atomic E-state index is 0.0332. The monoisotopic (exact) mass is 436 g/mol. The Labute approximate surface area is 182 Å². The second-order valence-electron chi connectivity index (χ2n) is 8.02. The maximum Gasteiger partial charge on any atom is 0.243 e. The molecular formula is C24H24N2O4S. The normalized spacial score (nSPS) is 19.6. The van der Waals surface area contributed by atoms with Crippen LogP contribution in [0.3, 0.4) is 0 Å². The van der Waals surface area contributed by atoms with Crippen LogP contribution >= 0.6 is 0 Å². The Kier molecular flexibility index (Phi) is 5.16. The Morgan fingerprint density at radius 3 is 2.58 bits per heavy atom. The van der Waals surface area contributed by atoms with E-state index >= 15 is 0 Å². The quantitative estimate of drug-likeness (QED) is 0.628. The molecule has 5 rings (SSSR count). The summed E-state index contributed by atoms with van der Waals surface area (Å²) in [6.07, 6.45) is 1.34. The summed E-state index contributed by atoms with van der Waals surface area (Å²) in [4.78, 5) is 15.4. The number of carbonyl (C=O) groups is 1. The smallest absolute Gasteiger partial charge is 0.243 e. The Morgan fingerprint density at radius 2 is 1.71 bits per heavy atom. The lowest BCUT2D eigenvalue weighted by Crippen LogP contribution is -2.48. The molecule has 2 aliphatic heterocycles. The maximum atomic E-state index is 13.4. The maximum absolute atomic E-state index is 13.4. The number of benzene rings is 3. The molecule has 3 aromatic carbocycles. The summed E-state index contributed by atoms with van der Waals surface area (Å²) >= 11 is 0. The largest absolute Gasteiger partial charge is 0.490 e. The highest BCUT2D eigenvalue weighted by atomic mass is 32.2. The molecule has 3 aromatic rings. The van der Waals surface area contributed by atoms with Gasteiger partial charge in [0.25, 0.3) is 0 Å². The molecule has 7 heteroatoms. The number of sulfonamides is 1. The van der Waals surface area contributed by atoms with Crippen LogP contribution in [0.25, 0.3) is 10.8 Å². The van der Waals surface area contributed by atoms with Crippen LogP contribution in [0.5, 0.6) is 5.75 Å². The van der Waals surface area contributed by atoms with Crippen molar-refractivity contribution in [3.63, 3.8) is 0 Å². The van der Waals surface area contributed by atoms with Crippen LogP contribution in [0.1, 0.15) is 12.8 Å². The van der Waals surface area contributed by atoms with Gasteiger partial charge in [-0.3, -0.25) is 4.79 Å². The van der Waals surface area contributed by atoms with E-state index < -0.39 is 10.0 Å². The number of hydrogen-bond donors (Lipinski definition) is 0. The molecule has 160 valence electrons. The van der Waals surface area contributed by atoms with E-state index in [9.17, 15) is 13.2 Å². The second-order valence-corrected chi connectivity index (χ2v) is 9.96. The lowest BCUT2D eigenvalue weighted by atomic mass is 9.97. The van der Waals surface area contributed by atoms with Crippen molar-refractivity contribution in [2.45, 2.75) is 17.7 Å². The van der Waals surface area contributed by atoms with Crippen molar-refractivity contribution in [2.75, 3.05) is 31.1 Å². The lowest BCUT2D eigenvalue weighted by molar-refractivity contribution is -0.123. The number of hydrogen-bond acceptors (Lipinski definition) is 4. The number of rotatable bonds is 3. The van der Waals surface area contributed by atoms with Gasteiger partial charge in [-0.1, -0.05) is 42.5 Å². The summed E-state index contributed by atoms with van der Waals surface area (Å²) in [5, 5.41) is 1.89. The highest BCUT2D eigenvalue weighted by Crippen LogP contribution is 2.34. The minimum Gasteiger partial charge on any atom is -0.490 e. The van der Waals surface area contributed by atoms with E-state index in [0.29, 0.717) is 38.3 Å². The van der Waals surface area contributed by atoms with Crippen molar-refractivity contribution < 1.29 is 17.9 Å². The van der Waals surface area contributed by atoms with Crippen LogP contribution in [0, 0.1) is 5.92 Å². The number of amides is 1. The van der Waals surface area contributed by atoms with Crippen LogP contribution in [-0.4, -0.2) is 44.9 Å². The first-order valence-corrected chi connectivity index (χ1v) is 12.0. The zero-order valence-corrected chi connectivity index (χ0v) is 17.9. The highest BCUT2D eigenvalue weighted by Gasteiger charge is 2.36. The average molecular weight is 437 g/mol. The lowest BCUT2D eigenvalue weighted by Gasteiger charge is -2.36. The molecular weight excluding hydrogens is 412 g/mol. The standard InChI is InChI=1S/C24H24N2O4S/c27-24(26-14-15-30-23-10-4-3-9-22(23)26)20-8-5-13-25(17-20)31(28,29)21-12-11-18-6-1-2-7-19(18)16-21/h1-4,6-7,9-12,16,20H,5,8,13-15,17H2/t20-/m0/s1. The van der Waals surface area contributed by atoms with Gasteiger partial charge in [0.05, 0.1) is 23.0 Å². The predicted octanol–water partition coefficient (Wildman–Crippen LogP) is 3.67. The molecule has 1 saturated heterocycles. The van der Waals surface area contributed by atoms with Gasteiger partial charge < -0.3 is 9.64 Å². The molecule has 0 bridgehead atoms. The molecule has 0 saturated carbocycles. The van der Waals surface area contributed by atoms with Gasteiger partial charge in [0.1, 0.15) is 12.4 Å². The van der Waals surface area contributed by atoms with Crippen LogP contribution in [0.15, 0.2) is 71.6 Å². The van der Waals surface area contributed by atoms with Gasteiger partial charge in [0, 0.05) is 13.1 Å². The van der Waals surface area contributed by atoms with E-state index in [-0.39, 0.29) is 23.3 Å². The highest BCUT2D eigenvalue weighted by molar-refractivity contribution is 7.89. The Balaban J connectivity index is 1.39. The van der Waals surface area contributed by atoms with E-state index in [2.05, 4.69) is 0 Å². The number of nitrogens with zero attached hydrogens (tertiary/aromatic N) is 2. The fourth-order valence-electron chi connectivity index (χ4n) is 4.46. The summed E-state index contributed by atoms with van der Waals surface area (Å²) < 4.78 is 33.8. The zero-order valence-electron chi connectivity index (χ0n) is 17.1. The Hall–Kier alpha value is -2.90. The van der Waals surface area contributed by atoms with E-state index in [1.807, 2.05) is 54.6 Å². The van der Waals surface area contributed by atoms with Gasteiger partial charge >= 0.3 is 0 Å². The first-order chi connectivity index (χ1) is 15.0. The fraction of sp³-hybridized carbons (Fsp3) is 0.292. The molecule has 2 heterocycles. The number of piperidine rings is 1. The summed E-state index contributed by atoms with van der Waals surface area (Å²) in [5.41, 5.74) is 0.758. The van der Waals surface area contributed by atoms with Gasteiger partial charge in [-0.05, 0) is 47.9 Å². The third kappa shape index (κ3) is 3.68. The van der Waals surface area contributed by atoms with Crippen molar-refractivity contribution in [3.05, 3.63) is 66.7 Å². The molecule has 2 aliphatic rings. The SMILES string of the molecule is O=C([C@H]1CCCN(S(=O)(=O)c2ccc3ccccc3c2)C1)N1CCOc2ccccc21.